The van der Waals surface area contributed by atoms with Gasteiger partial charge in [0.1, 0.15) is 13.2 Å². The summed E-state index contributed by atoms with van der Waals surface area (Å²) >= 11 is 0. The van der Waals surface area contributed by atoms with Crippen LogP contribution in [0.3, 0.4) is 0 Å². The molecule has 0 N–H and O–H groups in total. The number of hydrogen-bond acceptors (Lipinski definition) is 10. The maximum atomic E-state index is 13.2. The standard InChI is InChI=1S/C45H54O10/c1-3-44(20-50-21-44)24-54-42(48)29-9-5-7-27(13-29)40(46)52-18-26-11-34-35(12-26)37-17-36(34)38-31-15-32(33(16-31)39(37)38)19-53-41(47)28-8-6-10-30(14-28)43(49)55-25-45(4-2)22-51-23-45/h5-10,13-14,26,31-39H,3-4,11-12,15-25H2,1-2H3. The van der Waals surface area contributed by atoms with Crippen LogP contribution in [0.2, 0.25) is 0 Å². The average Bonchev–Trinajstić information content (AvgIpc) is 4.00. The van der Waals surface area contributed by atoms with Crippen molar-refractivity contribution in [2.75, 3.05) is 52.9 Å². The van der Waals surface area contributed by atoms with Crippen LogP contribution < -0.4 is 0 Å². The number of benzene rings is 2. The highest BCUT2D eigenvalue weighted by Crippen LogP contribution is 2.74. The third-order valence-electron chi connectivity index (χ3n) is 15.4. The van der Waals surface area contributed by atoms with Crippen molar-refractivity contribution in [2.24, 2.45) is 70.0 Å². The van der Waals surface area contributed by atoms with Crippen LogP contribution in [-0.4, -0.2) is 76.7 Å². The Kier molecular flexibility index (Phi) is 9.80. The molecular formula is C45H54O10. The van der Waals surface area contributed by atoms with Gasteiger partial charge in [0.25, 0.3) is 0 Å². The maximum absolute atomic E-state index is 13.2. The second kappa shape index (κ2) is 14.6. The lowest BCUT2D eigenvalue weighted by atomic mass is 9.62. The molecule has 2 saturated heterocycles. The van der Waals surface area contributed by atoms with Crippen molar-refractivity contribution in [2.45, 2.75) is 58.8 Å². The Hall–Kier alpha value is -3.76. The predicted octanol–water partition coefficient (Wildman–Crippen LogP) is 7.05. The van der Waals surface area contributed by atoms with Gasteiger partial charge in [0.15, 0.2) is 0 Å². The Morgan fingerprint density at radius 1 is 0.564 bits per heavy atom. The molecule has 2 aliphatic heterocycles. The van der Waals surface area contributed by atoms with Gasteiger partial charge in [0.05, 0.1) is 72.7 Å². The van der Waals surface area contributed by atoms with Crippen LogP contribution in [0.25, 0.3) is 0 Å². The fraction of sp³-hybridized carbons (Fsp3) is 0.644. The summed E-state index contributed by atoms with van der Waals surface area (Å²) in [7, 11) is 0. The second-order valence-corrected chi connectivity index (χ2v) is 18.2. The van der Waals surface area contributed by atoms with Crippen LogP contribution >= 0.6 is 0 Å². The van der Waals surface area contributed by atoms with Crippen LogP contribution in [0.4, 0.5) is 0 Å². The molecule has 0 radical (unpaired) electrons. The average molecular weight is 755 g/mol. The summed E-state index contributed by atoms with van der Waals surface area (Å²) in [5, 5.41) is 0. The van der Waals surface area contributed by atoms with E-state index in [4.69, 9.17) is 28.4 Å². The Bertz CT molecular complexity index is 1800. The molecule has 0 spiro atoms. The first-order valence-electron chi connectivity index (χ1n) is 20.7. The zero-order valence-corrected chi connectivity index (χ0v) is 32.1. The number of rotatable bonds is 14. The minimum Gasteiger partial charge on any atom is -0.462 e. The molecule has 294 valence electrons. The van der Waals surface area contributed by atoms with E-state index in [1.807, 2.05) is 0 Å². The molecule has 10 unspecified atom stereocenters. The molecule has 10 atom stereocenters. The predicted molar refractivity (Wildman–Crippen MR) is 199 cm³/mol. The van der Waals surface area contributed by atoms with Crippen molar-refractivity contribution in [1.82, 2.24) is 0 Å². The first kappa shape index (κ1) is 36.9. The highest BCUT2D eigenvalue weighted by atomic mass is 16.6. The lowest BCUT2D eigenvalue weighted by Crippen LogP contribution is -2.46. The van der Waals surface area contributed by atoms with Crippen LogP contribution in [0.15, 0.2) is 48.5 Å². The van der Waals surface area contributed by atoms with Gasteiger partial charge in [-0.05, 0) is 141 Å². The van der Waals surface area contributed by atoms with E-state index in [1.54, 1.807) is 48.5 Å². The van der Waals surface area contributed by atoms with E-state index in [9.17, 15) is 19.2 Å². The number of esters is 4. The lowest BCUT2D eigenvalue weighted by Gasteiger charge is -2.43. The number of carbonyl (C=O) groups excluding carboxylic acids is 4. The topological polar surface area (TPSA) is 124 Å². The summed E-state index contributed by atoms with van der Waals surface area (Å²) in [5.74, 6) is 4.71. The third-order valence-corrected chi connectivity index (χ3v) is 15.4. The highest BCUT2D eigenvalue weighted by molar-refractivity contribution is 5.96. The largest absolute Gasteiger partial charge is 0.462 e. The zero-order chi connectivity index (χ0) is 37.9. The van der Waals surface area contributed by atoms with Gasteiger partial charge in [-0.2, -0.15) is 0 Å². The van der Waals surface area contributed by atoms with E-state index in [-0.39, 0.29) is 16.8 Å². The van der Waals surface area contributed by atoms with Crippen molar-refractivity contribution < 1.29 is 47.6 Å². The van der Waals surface area contributed by atoms with Crippen molar-refractivity contribution in [3.63, 3.8) is 0 Å². The Labute approximate surface area is 323 Å². The van der Waals surface area contributed by atoms with Gasteiger partial charge in [0, 0.05) is 0 Å². The van der Waals surface area contributed by atoms with Gasteiger partial charge in [-0.15, -0.1) is 0 Å². The third kappa shape index (κ3) is 6.69. The molecule has 4 bridgehead atoms. The quantitative estimate of drug-likeness (QED) is 0.113. The fourth-order valence-corrected chi connectivity index (χ4v) is 12.2. The summed E-state index contributed by atoms with van der Waals surface area (Å²) < 4.78 is 33.7. The molecule has 2 aromatic carbocycles. The fourth-order valence-electron chi connectivity index (χ4n) is 12.2. The molecule has 9 rings (SSSR count). The lowest BCUT2D eigenvalue weighted by molar-refractivity contribution is -0.140. The second-order valence-electron chi connectivity index (χ2n) is 18.2. The number of fused-ring (bicyclic) bond motifs is 12. The smallest absolute Gasteiger partial charge is 0.338 e. The van der Waals surface area contributed by atoms with E-state index in [1.165, 1.54) is 12.8 Å². The maximum Gasteiger partial charge on any atom is 0.338 e. The number of carbonyl (C=O) groups is 4. The number of ether oxygens (including phenoxy) is 6. The van der Waals surface area contributed by atoms with Crippen LogP contribution in [0, 0.1) is 70.0 Å². The molecule has 5 saturated carbocycles. The molecule has 55 heavy (non-hydrogen) atoms. The Balaban J connectivity index is 0.753. The molecule has 0 amide bonds. The van der Waals surface area contributed by atoms with Gasteiger partial charge in [-0.3, -0.25) is 0 Å². The zero-order valence-electron chi connectivity index (χ0n) is 32.1. The Morgan fingerprint density at radius 3 is 1.51 bits per heavy atom. The first-order chi connectivity index (χ1) is 26.7. The van der Waals surface area contributed by atoms with Crippen LogP contribution in [0.5, 0.6) is 0 Å². The summed E-state index contributed by atoms with van der Waals surface area (Å²) in [4.78, 5) is 52.0. The number of hydrogen-bond donors (Lipinski definition) is 0. The molecule has 10 heteroatoms. The summed E-state index contributed by atoms with van der Waals surface area (Å²) in [5.41, 5.74) is 1.27. The minimum absolute atomic E-state index is 0.0986. The van der Waals surface area contributed by atoms with Crippen molar-refractivity contribution in [3.8, 4) is 0 Å². The summed E-state index contributed by atoms with van der Waals surface area (Å²) in [6, 6.07) is 13.3. The normalized spacial score (nSPS) is 33.9. The molecule has 5 aliphatic carbocycles. The van der Waals surface area contributed by atoms with Crippen LogP contribution in [-0.2, 0) is 28.4 Å². The van der Waals surface area contributed by atoms with E-state index < -0.39 is 17.9 Å². The van der Waals surface area contributed by atoms with Crippen molar-refractivity contribution >= 4 is 23.9 Å². The Morgan fingerprint density at radius 2 is 1.04 bits per heavy atom. The summed E-state index contributed by atoms with van der Waals surface area (Å²) in [6.07, 6.45) is 7.67. The monoisotopic (exact) mass is 754 g/mol. The van der Waals surface area contributed by atoms with Gasteiger partial charge in [0.2, 0.25) is 0 Å². The minimum atomic E-state index is -0.432. The molecule has 10 nitrogen and oxygen atoms in total. The van der Waals surface area contributed by atoms with E-state index >= 15 is 0 Å². The van der Waals surface area contributed by atoms with Gasteiger partial charge in [-0.1, -0.05) is 26.0 Å². The molecular weight excluding hydrogens is 700 g/mol. The van der Waals surface area contributed by atoms with E-state index in [2.05, 4.69) is 13.8 Å². The molecule has 2 aromatic rings. The van der Waals surface area contributed by atoms with Crippen LogP contribution in [0.1, 0.15) is 100 Å². The summed E-state index contributed by atoms with van der Waals surface area (Å²) in [6.45, 7) is 8.01. The van der Waals surface area contributed by atoms with E-state index in [0.29, 0.717) is 122 Å². The highest BCUT2D eigenvalue weighted by Gasteiger charge is 2.68. The molecule has 7 fully saturated rings. The SMILES string of the molecule is CCC1(COC(=O)c2cccc(C(=O)OCC3CC4C(C3)C3CC4C4C5CC(COC(=O)c6cccc(C(=O)OCC7(CC)COC7)c6)C(C5)C34)c2)COC1. The molecule has 7 aliphatic rings. The van der Waals surface area contributed by atoms with Crippen molar-refractivity contribution in [1.29, 1.82) is 0 Å². The first-order valence-corrected chi connectivity index (χ1v) is 20.7. The molecule has 0 aromatic heterocycles. The molecule has 2 heterocycles. The van der Waals surface area contributed by atoms with Gasteiger partial charge < -0.3 is 28.4 Å². The van der Waals surface area contributed by atoms with Gasteiger partial charge >= 0.3 is 23.9 Å². The van der Waals surface area contributed by atoms with Gasteiger partial charge in [-0.25, -0.2) is 19.2 Å². The van der Waals surface area contributed by atoms with Crippen molar-refractivity contribution in [3.05, 3.63) is 70.8 Å². The van der Waals surface area contributed by atoms with E-state index in [0.717, 1.165) is 43.9 Å².